The van der Waals surface area contributed by atoms with Gasteiger partial charge in [-0.15, -0.1) is 0 Å². The van der Waals surface area contributed by atoms with Crippen LogP contribution in [-0.4, -0.2) is 0 Å². The SMILES string of the molecule is C=COC=C.[CH2-]C(C)C.[Cl-].[Cl-].[Pd+2]. The Hall–Kier alpha value is 0.522. The summed E-state index contributed by atoms with van der Waals surface area (Å²) in [6.45, 7) is 14.3. The maximum Gasteiger partial charge on any atom is 2.00 e. The molecule has 0 N–H and O–H groups in total. The summed E-state index contributed by atoms with van der Waals surface area (Å²) in [5.74, 6) is 0.583. The van der Waals surface area contributed by atoms with Gasteiger partial charge >= 0.3 is 20.4 Å². The van der Waals surface area contributed by atoms with Crippen LogP contribution in [0.3, 0.4) is 0 Å². The normalized spacial score (nSPS) is 5.33. The molecule has 0 aromatic carbocycles. The first-order valence-corrected chi connectivity index (χ1v) is 2.85. The minimum Gasteiger partial charge on any atom is -1.00 e. The van der Waals surface area contributed by atoms with Crippen molar-refractivity contribution in [2.24, 2.45) is 5.92 Å². The van der Waals surface area contributed by atoms with Crippen LogP contribution in [0.4, 0.5) is 0 Å². The number of hydrogen-bond donors (Lipinski definition) is 0. The van der Waals surface area contributed by atoms with Crippen LogP contribution in [0.25, 0.3) is 0 Å². The van der Waals surface area contributed by atoms with Crippen molar-refractivity contribution in [3.63, 3.8) is 0 Å². The van der Waals surface area contributed by atoms with Crippen LogP contribution in [0.1, 0.15) is 13.8 Å². The largest absolute Gasteiger partial charge is 2.00 e. The first-order chi connectivity index (χ1) is 4.15. The first kappa shape index (κ1) is 29.4. The predicted molar refractivity (Wildman–Crippen MR) is 41.7 cm³/mol. The molecule has 0 aliphatic rings. The molecule has 0 saturated carbocycles. The van der Waals surface area contributed by atoms with Gasteiger partial charge in [0.1, 0.15) is 0 Å². The molecule has 0 bridgehead atoms. The molecule has 0 aliphatic heterocycles. The minimum absolute atomic E-state index is 0. The van der Waals surface area contributed by atoms with Crippen molar-refractivity contribution in [3.8, 4) is 0 Å². The third-order valence-electron chi connectivity index (χ3n) is 0.192. The van der Waals surface area contributed by atoms with Gasteiger partial charge in [-0.1, -0.05) is 27.0 Å². The third-order valence-corrected chi connectivity index (χ3v) is 0.192. The van der Waals surface area contributed by atoms with E-state index in [4.69, 9.17) is 0 Å². The summed E-state index contributed by atoms with van der Waals surface area (Å²) in [5, 5.41) is 0. The van der Waals surface area contributed by atoms with Crippen molar-refractivity contribution in [1.29, 1.82) is 0 Å². The summed E-state index contributed by atoms with van der Waals surface area (Å²) >= 11 is 0. The molecule has 78 valence electrons. The Kier molecular flexibility index (Phi) is 73.4. The van der Waals surface area contributed by atoms with Gasteiger partial charge in [-0.05, 0) is 0 Å². The van der Waals surface area contributed by atoms with Crippen molar-refractivity contribution in [2.75, 3.05) is 0 Å². The Morgan fingerprint density at radius 3 is 1.33 bits per heavy atom. The fourth-order valence-electron chi connectivity index (χ4n) is 0.0680. The van der Waals surface area contributed by atoms with Gasteiger partial charge in [-0.25, -0.2) is 0 Å². The zero-order chi connectivity index (χ0) is 7.70. The van der Waals surface area contributed by atoms with E-state index in [9.17, 15) is 0 Å². The first-order valence-electron chi connectivity index (χ1n) is 2.85. The second kappa shape index (κ2) is 30.0. The molecule has 4 heteroatoms. The van der Waals surface area contributed by atoms with Crippen LogP contribution in [0.15, 0.2) is 25.7 Å². The van der Waals surface area contributed by atoms with Crippen molar-refractivity contribution in [2.45, 2.75) is 13.8 Å². The summed E-state index contributed by atoms with van der Waals surface area (Å²) in [6, 6.07) is 0. The van der Waals surface area contributed by atoms with E-state index in [0.29, 0.717) is 5.92 Å². The standard InChI is InChI=1S/C4H6O.C4H9.2ClH.Pd/c1-3-5-4-2;1-4(2)3;;;/h3-4H,1-2H2;4H,1H2,2-3H3;2*1H;/q;-1;;;+2/p-2. The van der Waals surface area contributed by atoms with E-state index in [1.165, 1.54) is 12.5 Å². The Labute approximate surface area is 102 Å². The van der Waals surface area contributed by atoms with Gasteiger partial charge in [0.05, 0.1) is 12.5 Å². The van der Waals surface area contributed by atoms with E-state index in [1.54, 1.807) is 0 Å². The minimum atomic E-state index is 0. The quantitative estimate of drug-likeness (QED) is 0.296. The molecule has 12 heavy (non-hydrogen) atoms. The maximum absolute atomic E-state index is 4.36. The van der Waals surface area contributed by atoms with Crippen molar-refractivity contribution >= 4 is 0 Å². The topological polar surface area (TPSA) is 9.23 Å². The second-order valence-electron chi connectivity index (χ2n) is 1.86. The Bertz CT molecular complexity index is 68.7. The number of ether oxygens (including phenoxy) is 1. The fraction of sp³-hybridized carbons (Fsp3) is 0.375. The van der Waals surface area contributed by atoms with E-state index in [2.05, 4.69) is 38.7 Å². The molecule has 0 aliphatic carbocycles. The van der Waals surface area contributed by atoms with Gasteiger partial charge < -0.3 is 36.5 Å². The molecule has 0 aromatic rings. The molecule has 0 saturated heterocycles. The zero-order valence-electron chi connectivity index (χ0n) is 7.33. The molecule has 1 nitrogen and oxygen atoms in total. The van der Waals surface area contributed by atoms with Gasteiger partial charge in [0.25, 0.3) is 0 Å². The van der Waals surface area contributed by atoms with Gasteiger partial charge in [-0.2, -0.15) is 5.92 Å². The van der Waals surface area contributed by atoms with Crippen LogP contribution in [0.5, 0.6) is 0 Å². The Balaban J connectivity index is -0.0000000221. The summed E-state index contributed by atoms with van der Waals surface area (Å²) < 4.78 is 4.36. The monoisotopic (exact) mass is 303 g/mol. The van der Waals surface area contributed by atoms with E-state index < -0.39 is 0 Å². The average Bonchev–Trinajstić information content (AvgIpc) is 1.66. The van der Waals surface area contributed by atoms with Crippen molar-refractivity contribution in [1.82, 2.24) is 0 Å². The molecule has 0 aromatic heterocycles. The van der Waals surface area contributed by atoms with Crippen LogP contribution >= 0.6 is 0 Å². The fourth-order valence-corrected chi connectivity index (χ4v) is 0.0680. The third kappa shape index (κ3) is 150. The summed E-state index contributed by atoms with van der Waals surface area (Å²) in [7, 11) is 0. The Morgan fingerprint density at radius 1 is 1.17 bits per heavy atom. The zero-order valence-corrected chi connectivity index (χ0v) is 10.4. The molecule has 0 unspecified atom stereocenters. The van der Waals surface area contributed by atoms with E-state index >= 15 is 0 Å². The molecule has 0 radical (unpaired) electrons. The number of hydrogen-bond acceptors (Lipinski definition) is 1. The number of rotatable bonds is 2. The van der Waals surface area contributed by atoms with Gasteiger partial charge in [0.15, 0.2) is 0 Å². The molecular formula is C8H15Cl2OPd-. The molecule has 0 spiro atoms. The number of halogens is 2. The second-order valence-corrected chi connectivity index (χ2v) is 1.86. The summed E-state index contributed by atoms with van der Waals surface area (Å²) in [4.78, 5) is 0. The van der Waals surface area contributed by atoms with E-state index in [0.717, 1.165) is 0 Å². The maximum atomic E-state index is 4.36. The molecular weight excluding hydrogens is 289 g/mol. The molecule has 0 fully saturated rings. The molecule has 0 amide bonds. The van der Waals surface area contributed by atoms with Crippen molar-refractivity contribution < 1.29 is 50.0 Å². The van der Waals surface area contributed by atoms with Crippen LogP contribution in [0.2, 0.25) is 0 Å². The van der Waals surface area contributed by atoms with E-state index in [1.807, 2.05) is 0 Å². The van der Waals surface area contributed by atoms with Crippen LogP contribution in [-0.2, 0) is 25.2 Å². The molecule has 0 rings (SSSR count). The van der Waals surface area contributed by atoms with Gasteiger partial charge in [0, 0.05) is 0 Å². The Morgan fingerprint density at radius 2 is 1.33 bits per heavy atom. The van der Waals surface area contributed by atoms with Gasteiger partial charge in [-0.3, -0.25) is 0 Å². The van der Waals surface area contributed by atoms with Crippen LogP contribution < -0.4 is 24.8 Å². The van der Waals surface area contributed by atoms with Gasteiger partial charge in [0.2, 0.25) is 0 Å². The molecule has 0 heterocycles. The predicted octanol–water partition coefficient (Wildman–Crippen LogP) is -3.23. The summed E-state index contributed by atoms with van der Waals surface area (Å²) in [6.07, 6.45) is 2.62. The smallest absolute Gasteiger partial charge is 1.00 e. The van der Waals surface area contributed by atoms with Crippen molar-refractivity contribution in [3.05, 3.63) is 32.6 Å². The molecule has 0 atom stereocenters. The summed E-state index contributed by atoms with van der Waals surface area (Å²) in [5.41, 5.74) is 0. The van der Waals surface area contributed by atoms with E-state index in [-0.39, 0.29) is 45.2 Å². The van der Waals surface area contributed by atoms with Crippen LogP contribution in [0, 0.1) is 12.8 Å². The average molecular weight is 305 g/mol.